The van der Waals surface area contributed by atoms with Crippen molar-refractivity contribution in [3.8, 4) is 0 Å². The Morgan fingerprint density at radius 3 is 2.66 bits per heavy atom. The number of fused-ring (bicyclic) bond motifs is 1. The maximum absolute atomic E-state index is 12.7. The van der Waals surface area contributed by atoms with Gasteiger partial charge in [0.1, 0.15) is 0 Å². The maximum atomic E-state index is 12.7. The van der Waals surface area contributed by atoms with E-state index in [9.17, 15) is 14.4 Å². The van der Waals surface area contributed by atoms with Gasteiger partial charge in [0.05, 0.1) is 6.42 Å². The number of ether oxygens (including phenoxy) is 1. The number of anilines is 1. The second kappa shape index (κ2) is 8.37. The molecular formula is C22H24N2O4S. The third-order valence-electron chi connectivity index (χ3n) is 5.45. The highest BCUT2D eigenvalue weighted by atomic mass is 32.1. The van der Waals surface area contributed by atoms with Gasteiger partial charge in [-0.15, -0.1) is 11.3 Å². The number of hydrogen-bond donors (Lipinski definition) is 0. The van der Waals surface area contributed by atoms with Crippen molar-refractivity contribution in [2.45, 2.75) is 45.3 Å². The van der Waals surface area contributed by atoms with E-state index in [1.807, 2.05) is 29.6 Å². The summed E-state index contributed by atoms with van der Waals surface area (Å²) in [5.41, 5.74) is 2.83. The molecule has 0 aliphatic carbocycles. The Morgan fingerprint density at radius 1 is 1.14 bits per heavy atom. The van der Waals surface area contributed by atoms with Crippen molar-refractivity contribution in [3.05, 3.63) is 51.7 Å². The highest BCUT2D eigenvalue weighted by Gasteiger charge is 2.27. The van der Waals surface area contributed by atoms with E-state index >= 15 is 0 Å². The third kappa shape index (κ3) is 4.34. The van der Waals surface area contributed by atoms with E-state index in [4.69, 9.17) is 4.74 Å². The molecule has 1 unspecified atom stereocenters. The van der Waals surface area contributed by atoms with Gasteiger partial charge < -0.3 is 14.5 Å². The molecule has 3 heterocycles. The first-order valence-corrected chi connectivity index (χ1v) is 10.8. The van der Waals surface area contributed by atoms with Crippen molar-refractivity contribution in [1.82, 2.24) is 4.90 Å². The van der Waals surface area contributed by atoms with Crippen LogP contribution in [-0.4, -0.2) is 41.9 Å². The summed E-state index contributed by atoms with van der Waals surface area (Å²) in [5.74, 6) is -0.445. The summed E-state index contributed by atoms with van der Waals surface area (Å²) in [5, 5.41) is 2.05. The topological polar surface area (TPSA) is 66.9 Å². The number of nitrogens with zero attached hydrogens (tertiary/aromatic N) is 2. The quantitative estimate of drug-likeness (QED) is 0.709. The maximum Gasteiger partial charge on any atom is 0.311 e. The molecule has 2 amide bonds. The predicted octanol–water partition coefficient (Wildman–Crippen LogP) is 2.93. The van der Waals surface area contributed by atoms with Crippen LogP contribution in [0.4, 0.5) is 5.69 Å². The summed E-state index contributed by atoms with van der Waals surface area (Å²) in [6.45, 7) is 3.61. The molecule has 29 heavy (non-hydrogen) atoms. The Hall–Kier alpha value is -2.67. The van der Waals surface area contributed by atoms with Gasteiger partial charge in [-0.25, -0.2) is 0 Å². The molecule has 1 fully saturated rings. The lowest BCUT2D eigenvalue weighted by Gasteiger charge is -2.29. The van der Waals surface area contributed by atoms with Crippen LogP contribution < -0.4 is 4.90 Å². The van der Waals surface area contributed by atoms with E-state index in [-0.39, 0.29) is 18.2 Å². The Balaban J connectivity index is 1.30. The lowest BCUT2D eigenvalue weighted by molar-refractivity contribution is -0.159. The summed E-state index contributed by atoms with van der Waals surface area (Å²) in [7, 11) is 0. The van der Waals surface area contributed by atoms with Gasteiger partial charge >= 0.3 is 5.97 Å². The molecule has 1 atom stereocenters. The normalized spacial score (nSPS) is 17.2. The Bertz CT molecular complexity index is 921. The molecule has 2 aromatic rings. The van der Waals surface area contributed by atoms with Crippen LogP contribution in [0.2, 0.25) is 0 Å². The Labute approximate surface area is 174 Å². The molecule has 0 bridgehead atoms. The van der Waals surface area contributed by atoms with Crippen molar-refractivity contribution in [2.75, 3.05) is 18.0 Å². The van der Waals surface area contributed by atoms with Gasteiger partial charge in [0.15, 0.2) is 6.10 Å². The average Bonchev–Trinajstić information content (AvgIpc) is 3.36. The fourth-order valence-electron chi connectivity index (χ4n) is 3.86. The molecule has 2 aliphatic heterocycles. The highest BCUT2D eigenvalue weighted by Crippen LogP contribution is 2.25. The SMILES string of the molecule is CC(OC(=O)Cc1ccc(N2CCCC2=O)cc1)C(=O)N1CCc2sccc2C1. The molecule has 0 saturated carbocycles. The van der Waals surface area contributed by atoms with Crippen molar-refractivity contribution in [3.63, 3.8) is 0 Å². The molecule has 1 aromatic carbocycles. The Morgan fingerprint density at radius 2 is 1.93 bits per heavy atom. The predicted molar refractivity (Wildman–Crippen MR) is 111 cm³/mol. The van der Waals surface area contributed by atoms with E-state index in [0.717, 1.165) is 30.6 Å². The van der Waals surface area contributed by atoms with Crippen LogP contribution in [-0.2, 0) is 38.5 Å². The Kier molecular flexibility index (Phi) is 5.67. The number of amides is 2. The molecule has 1 saturated heterocycles. The molecule has 6 nitrogen and oxygen atoms in total. The molecular weight excluding hydrogens is 388 g/mol. The standard InChI is InChI=1S/C22H24N2O4S/c1-15(22(27)23-11-8-19-17(14-23)9-12-29-19)28-21(26)13-16-4-6-18(7-5-16)24-10-2-3-20(24)25/h4-7,9,12,15H,2-3,8,10-11,13-14H2,1H3. The zero-order valence-electron chi connectivity index (χ0n) is 16.4. The number of thiophene rings is 1. The first-order valence-electron chi connectivity index (χ1n) is 9.94. The van der Waals surface area contributed by atoms with E-state index in [1.54, 1.807) is 28.1 Å². The minimum atomic E-state index is -0.802. The number of carbonyl (C=O) groups excluding carboxylic acids is 3. The van der Waals surface area contributed by atoms with Crippen LogP contribution in [0.5, 0.6) is 0 Å². The smallest absolute Gasteiger partial charge is 0.311 e. The average molecular weight is 413 g/mol. The second-order valence-corrected chi connectivity index (χ2v) is 8.50. The van der Waals surface area contributed by atoms with Gasteiger partial charge in [-0.1, -0.05) is 12.1 Å². The zero-order valence-corrected chi connectivity index (χ0v) is 17.2. The van der Waals surface area contributed by atoms with Gasteiger partial charge in [-0.05, 0) is 54.5 Å². The molecule has 0 radical (unpaired) electrons. The minimum Gasteiger partial charge on any atom is -0.452 e. The van der Waals surface area contributed by atoms with Gasteiger partial charge in [0.25, 0.3) is 5.91 Å². The number of hydrogen-bond acceptors (Lipinski definition) is 5. The van der Waals surface area contributed by atoms with Crippen LogP contribution in [0.25, 0.3) is 0 Å². The molecule has 4 rings (SSSR count). The summed E-state index contributed by atoms with van der Waals surface area (Å²) >= 11 is 1.72. The zero-order chi connectivity index (χ0) is 20.4. The first-order chi connectivity index (χ1) is 14.0. The van der Waals surface area contributed by atoms with Gasteiger partial charge in [-0.2, -0.15) is 0 Å². The van der Waals surface area contributed by atoms with Crippen LogP contribution in [0.1, 0.15) is 35.8 Å². The van der Waals surface area contributed by atoms with Gasteiger partial charge in [-0.3, -0.25) is 14.4 Å². The fourth-order valence-corrected chi connectivity index (χ4v) is 4.75. The van der Waals surface area contributed by atoms with Gasteiger partial charge in [0.2, 0.25) is 5.91 Å². The van der Waals surface area contributed by atoms with E-state index in [0.29, 0.717) is 19.5 Å². The molecule has 152 valence electrons. The lowest BCUT2D eigenvalue weighted by Crippen LogP contribution is -2.42. The van der Waals surface area contributed by atoms with Crippen molar-refractivity contribution in [1.29, 1.82) is 0 Å². The number of carbonyl (C=O) groups is 3. The van der Waals surface area contributed by atoms with Crippen molar-refractivity contribution >= 4 is 34.8 Å². The molecule has 1 aromatic heterocycles. The monoisotopic (exact) mass is 412 g/mol. The van der Waals surface area contributed by atoms with Crippen LogP contribution in [0.3, 0.4) is 0 Å². The third-order valence-corrected chi connectivity index (χ3v) is 6.47. The van der Waals surface area contributed by atoms with Crippen molar-refractivity contribution in [2.24, 2.45) is 0 Å². The summed E-state index contributed by atoms with van der Waals surface area (Å²) in [4.78, 5) is 41.6. The molecule has 7 heteroatoms. The number of esters is 1. The molecule has 2 aliphatic rings. The van der Waals surface area contributed by atoms with Crippen LogP contribution in [0.15, 0.2) is 35.7 Å². The lowest BCUT2D eigenvalue weighted by atomic mass is 10.1. The van der Waals surface area contributed by atoms with Gasteiger partial charge in [0, 0.05) is 36.6 Å². The first kappa shape index (κ1) is 19.6. The summed E-state index contributed by atoms with van der Waals surface area (Å²) in [6, 6.07) is 9.42. The van der Waals surface area contributed by atoms with E-state index in [2.05, 4.69) is 6.07 Å². The minimum absolute atomic E-state index is 0.0977. The van der Waals surface area contributed by atoms with E-state index in [1.165, 1.54) is 10.4 Å². The highest BCUT2D eigenvalue weighted by molar-refractivity contribution is 7.10. The molecule has 0 N–H and O–H groups in total. The van der Waals surface area contributed by atoms with Crippen LogP contribution in [0, 0.1) is 0 Å². The van der Waals surface area contributed by atoms with Crippen LogP contribution >= 0.6 is 11.3 Å². The second-order valence-electron chi connectivity index (χ2n) is 7.50. The number of benzene rings is 1. The van der Waals surface area contributed by atoms with Crippen molar-refractivity contribution < 1.29 is 19.1 Å². The largest absolute Gasteiger partial charge is 0.452 e. The fraction of sp³-hybridized carbons (Fsp3) is 0.409. The number of rotatable bonds is 5. The summed E-state index contributed by atoms with van der Waals surface area (Å²) < 4.78 is 5.39. The van der Waals surface area contributed by atoms with E-state index < -0.39 is 12.1 Å². The summed E-state index contributed by atoms with van der Waals surface area (Å²) in [6.07, 6.45) is 1.62. The molecule has 0 spiro atoms.